The number of hydrogen-bond acceptors (Lipinski definition) is 2. The van der Waals surface area contributed by atoms with Crippen molar-refractivity contribution < 1.29 is 0 Å². The van der Waals surface area contributed by atoms with Crippen molar-refractivity contribution in [2.45, 2.75) is 76.0 Å². The van der Waals surface area contributed by atoms with Crippen molar-refractivity contribution in [2.75, 3.05) is 0 Å². The molecule has 2 aromatic carbocycles. The Kier molecular flexibility index (Phi) is 7.27. The summed E-state index contributed by atoms with van der Waals surface area (Å²) in [4.78, 5) is 0. The van der Waals surface area contributed by atoms with Gasteiger partial charge >= 0.3 is 0 Å². The average molecular weight is 371 g/mol. The minimum absolute atomic E-state index is 0.243. The highest BCUT2D eigenvalue weighted by Crippen LogP contribution is 2.46. The van der Waals surface area contributed by atoms with Crippen LogP contribution in [0.1, 0.15) is 80.0 Å². The molecule has 2 aromatic rings. The fraction of sp³-hybridized carbons (Fsp3) is 0.462. The summed E-state index contributed by atoms with van der Waals surface area (Å²) in [5.41, 5.74) is 6.05. The number of fused-ring (bicyclic) bond motifs is 1. The van der Waals surface area contributed by atoms with Gasteiger partial charge in [0.2, 0.25) is 0 Å². The zero-order valence-corrected chi connectivity index (χ0v) is 16.8. The van der Waals surface area contributed by atoms with Crippen LogP contribution < -0.4 is 0 Å². The molecule has 0 unspecified atom stereocenters. The van der Waals surface area contributed by atoms with E-state index in [-0.39, 0.29) is 5.41 Å². The number of rotatable bonds is 10. The number of benzene rings is 2. The molecule has 3 rings (SSSR count). The monoisotopic (exact) mass is 370 g/mol. The lowest BCUT2D eigenvalue weighted by molar-refractivity contribution is 0.337. The fourth-order valence-corrected chi connectivity index (χ4v) is 4.76. The summed E-state index contributed by atoms with van der Waals surface area (Å²) in [7, 11) is 0. The van der Waals surface area contributed by atoms with Crippen LogP contribution >= 0.6 is 0 Å². The molecule has 28 heavy (non-hydrogen) atoms. The maximum absolute atomic E-state index is 8.88. The summed E-state index contributed by atoms with van der Waals surface area (Å²) in [6, 6.07) is 22.4. The van der Waals surface area contributed by atoms with Crippen molar-refractivity contribution >= 4 is 0 Å². The van der Waals surface area contributed by atoms with Gasteiger partial charge in [-0.1, -0.05) is 61.4 Å². The van der Waals surface area contributed by atoms with Crippen LogP contribution in [0.3, 0.4) is 0 Å². The first-order chi connectivity index (χ1) is 13.8. The highest BCUT2D eigenvalue weighted by molar-refractivity contribution is 5.43. The van der Waals surface area contributed by atoms with Crippen LogP contribution in [0, 0.1) is 22.7 Å². The molecule has 2 nitrogen and oxygen atoms in total. The molecule has 0 saturated carbocycles. The molecule has 0 fully saturated rings. The van der Waals surface area contributed by atoms with Crippen LogP contribution in [0.25, 0.3) is 0 Å². The topological polar surface area (TPSA) is 47.6 Å². The van der Waals surface area contributed by atoms with Gasteiger partial charge < -0.3 is 0 Å². The standard InChI is InChI=1S/C26H30N2/c27-18-8-2-6-15-26(16-7-3-9-19-28)17-14-24-13-12-23(21-25(24)26)20-22-10-4-1-5-11-22/h1,4-5,10-13,21H,2-3,6-9,14-17,20H2. The third-order valence-electron chi connectivity index (χ3n) is 6.26. The van der Waals surface area contributed by atoms with Crippen molar-refractivity contribution in [3.63, 3.8) is 0 Å². The quantitative estimate of drug-likeness (QED) is 0.441. The Bertz CT molecular complexity index is 817. The predicted molar refractivity (Wildman–Crippen MR) is 114 cm³/mol. The normalized spacial score (nSPS) is 14.2. The minimum atomic E-state index is 0.243. The Balaban J connectivity index is 1.80. The molecule has 0 atom stereocenters. The van der Waals surface area contributed by atoms with E-state index in [0.717, 1.165) is 38.5 Å². The van der Waals surface area contributed by atoms with Gasteiger partial charge in [-0.05, 0) is 72.6 Å². The summed E-state index contributed by atoms with van der Waals surface area (Å²) >= 11 is 0. The summed E-state index contributed by atoms with van der Waals surface area (Å²) in [5, 5.41) is 17.8. The summed E-state index contributed by atoms with van der Waals surface area (Å²) in [6.45, 7) is 0. The van der Waals surface area contributed by atoms with E-state index in [0.29, 0.717) is 12.8 Å². The third-order valence-corrected chi connectivity index (χ3v) is 6.26. The van der Waals surface area contributed by atoms with Crippen molar-refractivity contribution in [1.29, 1.82) is 10.5 Å². The Morgan fingerprint density at radius 2 is 1.46 bits per heavy atom. The van der Waals surface area contributed by atoms with Gasteiger partial charge in [0.05, 0.1) is 12.1 Å². The number of nitriles is 2. The predicted octanol–water partition coefficient (Wildman–Crippen LogP) is 6.63. The van der Waals surface area contributed by atoms with Gasteiger partial charge in [0, 0.05) is 12.8 Å². The zero-order valence-electron chi connectivity index (χ0n) is 16.8. The van der Waals surface area contributed by atoms with E-state index in [2.05, 4.69) is 60.7 Å². The van der Waals surface area contributed by atoms with E-state index in [1.165, 1.54) is 36.0 Å². The molecular formula is C26H30N2. The van der Waals surface area contributed by atoms with Gasteiger partial charge in [0.15, 0.2) is 0 Å². The molecule has 1 aliphatic rings. The van der Waals surface area contributed by atoms with Crippen LogP contribution in [0.4, 0.5) is 0 Å². The lowest BCUT2D eigenvalue weighted by Crippen LogP contribution is -2.23. The molecule has 0 radical (unpaired) electrons. The van der Waals surface area contributed by atoms with Crippen LogP contribution in [0.5, 0.6) is 0 Å². The molecule has 0 saturated heterocycles. The van der Waals surface area contributed by atoms with Crippen molar-refractivity contribution in [3.05, 3.63) is 70.8 Å². The molecule has 0 aliphatic heterocycles. The second kappa shape index (κ2) is 10.1. The SMILES string of the molecule is N#CCCCCC1(CCCCC#N)CCc2ccc(Cc3ccccc3)cc21. The average Bonchev–Trinajstić information content (AvgIpc) is 3.08. The van der Waals surface area contributed by atoms with Gasteiger partial charge in [-0.3, -0.25) is 0 Å². The van der Waals surface area contributed by atoms with Crippen LogP contribution in [-0.4, -0.2) is 0 Å². The molecule has 0 spiro atoms. The molecule has 0 bridgehead atoms. The first-order valence-corrected chi connectivity index (χ1v) is 10.7. The van der Waals surface area contributed by atoms with E-state index in [1.54, 1.807) is 5.56 Å². The number of hydrogen-bond donors (Lipinski definition) is 0. The fourth-order valence-electron chi connectivity index (χ4n) is 4.76. The molecule has 2 heteroatoms. The molecule has 0 amide bonds. The first-order valence-electron chi connectivity index (χ1n) is 10.7. The van der Waals surface area contributed by atoms with Crippen molar-refractivity contribution in [3.8, 4) is 12.1 Å². The maximum atomic E-state index is 8.88. The summed E-state index contributed by atoms with van der Waals surface area (Å²) in [5.74, 6) is 0. The van der Waals surface area contributed by atoms with Gasteiger partial charge in [-0.25, -0.2) is 0 Å². The van der Waals surface area contributed by atoms with Crippen molar-refractivity contribution in [2.24, 2.45) is 0 Å². The molecule has 1 aliphatic carbocycles. The largest absolute Gasteiger partial charge is 0.198 e. The van der Waals surface area contributed by atoms with Crippen LogP contribution in [0.2, 0.25) is 0 Å². The highest BCUT2D eigenvalue weighted by Gasteiger charge is 2.37. The maximum Gasteiger partial charge on any atom is 0.0621 e. The van der Waals surface area contributed by atoms with Gasteiger partial charge in [-0.15, -0.1) is 0 Å². The Morgan fingerprint density at radius 3 is 2.11 bits per heavy atom. The zero-order chi connectivity index (χ0) is 19.7. The summed E-state index contributed by atoms with van der Waals surface area (Å²) in [6.07, 6.45) is 11.2. The number of aryl methyl sites for hydroxylation is 1. The molecular weight excluding hydrogens is 340 g/mol. The Morgan fingerprint density at radius 1 is 0.786 bits per heavy atom. The van der Waals surface area contributed by atoms with Gasteiger partial charge in [-0.2, -0.15) is 10.5 Å². The lowest BCUT2D eigenvalue weighted by atomic mass is 9.73. The Labute approximate surface area is 169 Å². The van der Waals surface area contributed by atoms with E-state index in [4.69, 9.17) is 10.5 Å². The minimum Gasteiger partial charge on any atom is -0.198 e. The van der Waals surface area contributed by atoms with E-state index in [1.807, 2.05) is 0 Å². The van der Waals surface area contributed by atoms with Gasteiger partial charge in [0.1, 0.15) is 0 Å². The summed E-state index contributed by atoms with van der Waals surface area (Å²) < 4.78 is 0. The second-order valence-corrected chi connectivity index (χ2v) is 8.16. The smallest absolute Gasteiger partial charge is 0.0621 e. The third kappa shape index (κ3) is 5.02. The lowest BCUT2D eigenvalue weighted by Gasteiger charge is -2.31. The molecule has 0 N–H and O–H groups in total. The highest BCUT2D eigenvalue weighted by atomic mass is 14.4. The van der Waals surface area contributed by atoms with Crippen LogP contribution in [0.15, 0.2) is 48.5 Å². The van der Waals surface area contributed by atoms with Gasteiger partial charge in [0.25, 0.3) is 0 Å². The second-order valence-electron chi connectivity index (χ2n) is 8.16. The number of unbranched alkanes of at least 4 members (excludes halogenated alkanes) is 4. The molecule has 144 valence electrons. The van der Waals surface area contributed by atoms with E-state index < -0.39 is 0 Å². The van der Waals surface area contributed by atoms with Crippen molar-refractivity contribution in [1.82, 2.24) is 0 Å². The molecule has 0 aromatic heterocycles. The van der Waals surface area contributed by atoms with Crippen LogP contribution in [-0.2, 0) is 18.3 Å². The number of nitrogens with zero attached hydrogens (tertiary/aromatic N) is 2. The first kappa shape index (κ1) is 20.2. The molecule has 0 heterocycles. The van der Waals surface area contributed by atoms with E-state index >= 15 is 0 Å². The van der Waals surface area contributed by atoms with E-state index in [9.17, 15) is 0 Å². The Hall–Kier alpha value is -2.58.